The summed E-state index contributed by atoms with van der Waals surface area (Å²) in [6.45, 7) is 24.3. The fraction of sp³-hybridized carbons (Fsp3) is 0.441. The van der Waals surface area contributed by atoms with Crippen LogP contribution in [0.4, 0.5) is 11.4 Å². The number of benzene rings is 2. The maximum atomic E-state index is 5.01. The molecule has 0 saturated heterocycles. The molecule has 0 aliphatic carbocycles. The van der Waals surface area contributed by atoms with Crippen LogP contribution in [0.2, 0.25) is 0 Å². The first kappa shape index (κ1) is 38.1. The van der Waals surface area contributed by atoms with Crippen LogP contribution in [0, 0.1) is 20.8 Å². The Kier molecular flexibility index (Phi) is 15.7. The van der Waals surface area contributed by atoms with Crippen LogP contribution in [-0.4, -0.2) is 17.4 Å². The van der Waals surface area contributed by atoms with Crippen molar-refractivity contribution in [2.24, 2.45) is 9.98 Å². The number of aryl methyl sites for hydroxylation is 3. The molecule has 3 aromatic rings. The van der Waals surface area contributed by atoms with E-state index in [0.29, 0.717) is 23.7 Å². The van der Waals surface area contributed by atoms with Gasteiger partial charge in [-0.2, -0.15) is 0 Å². The first-order valence-corrected chi connectivity index (χ1v) is 13.7. The van der Waals surface area contributed by atoms with E-state index in [1.165, 1.54) is 33.4 Å². The Morgan fingerprint density at radius 1 is 0.500 bits per heavy atom. The van der Waals surface area contributed by atoms with Gasteiger partial charge in [-0.1, -0.05) is 90.8 Å². The van der Waals surface area contributed by atoms with Gasteiger partial charge in [-0.25, -0.2) is 4.98 Å². The Bertz CT molecular complexity index is 1170. The van der Waals surface area contributed by atoms with Gasteiger partial charge in [0.25, 0.3) is 0 Å². The molecule has 3 nitrogen and oxygen atoms in total. The van der Waals surface area contributed by atoms with Gasteiger partial charge in [-0.3, -0.25) is 9.98 Å². The zero-order chi connectivity index (χ0) is 27.4. The van der Waals surface area contributed by atoms with Crippen molar-refractivity contribution in [2.75, 3.05) is 0 Å². The smallest absolute Gasteiger partial charge is 1.00 e. The van der Waals surface area contributed by atoms with Crippen molar-refractivity contribution in [3.63, 3.8) is 0 Å². The fourth-order valence-corrected chi connectivity index (χ4v) is 4.85. The van der Waals surface area contributed by atoms with Crippen molar-refractivity contribution < 1.29 is 43.4 Å². The molecule has 0 atom stereocenters. The normalized spacial score (nSPS) is 11.5. The van der Waals surface area contributed by atoms with Crippen LogP contribution < -0.4 is 24.8 Å². The summed E-state index contributed by atoms with van der Waals surface area (Å²) in [5.74, 6) is 1.60. The molecule has 0 aliphatic rings. The molecule has 1 heterocycles. The monoisotopic (exact) mass is 616 g/mol. The number of hydrogen-bond acceptors (Lipinski definition) is 3. The van der Waals surface area contributed by atoms with E-state index in [1.54, 1.807) is 0 Å². The molecule has 0 saturated carbocycles. The van der Waals surface area contributed by atoms with Crippen molar-refractivity contribution in [1.82, 2.24) is 4.98 Å². The second-order valence-corrected chi connectivity index (χ2v) is 11.7. The number of aliphatic imine (C=N–C) groups is 2. The van der Waals surface area contributed by atoms with E-state index in [-0.39, 0.29) is 43.4 Å². The van der Waals surface area contributed by atoms with Crippen LogP contribution in [0.5, 0.6) is 0 Å². The molecule has 215 valence electrons. The van der Waals surface area contributed by atoms with Gasteiger partial charge < -0.3 is 24.8 Å². The van der Waals surface area contributed by atoms with Crippen molar-refractivity contribution in [3.8, 4) is 0 Å². The Hall–Kier alpha value is -1.91. The Morgan fingerprint density at radius 2 is 0.750 bits per heavy atom. The maximum Gasteiger partial charge on any atom is 2.00 e. The first-order chi connectivity index (χ1) is 17.4. The maximum absolute atomic E-state index is 5.01. The average Bonchev–Trinajstić information content (AvgIpc) is 2.80. The summed E-state index contributed by atoms with van der Waals surface area (Å²) in [6.07, 6.45) is 3.83. The van der Waals surface area contributed by atoms with Crippen LogP contribution in [-0.2, 0) is 18.6 Å². The Balaban J connectivity index is 0.00000507. The topological polar surface area (TPSA) is 37.6 Å². The average molecular weight is 618 g/mol. The summed E-state index contributed by atoms with van der Waals surface area (Å²) in [4.78, 5) is 14.9. The van der Waals surface area contributed by atoms with Gasteiger partial charge in [0, 0.05) is 0 Å². The number of pyridine rings is 1. The van der Waals surface area contributed by atoms with Crippen LogP contribution in [0.1, 0.15) is 129 Å². The number of nitrogens with zero attached hydrogens (tertiary/aromatic N) is 3. The molecular weight excluding hydrogens is 572 g/mol. The van der Waals surface area contributed by atoms with Crippen LogP contribution in [0.15, 0.2) is 46.4 Å². The molecule has 40 heavy (non-hydrogen) atoms. The second-order valence-electron chi connectivity index (χ2n) is 11.7. The van der Waals surface area contributed by atoms with E-state index >= 15 is 0 Å². The molecule has 0 spiro atoms. The molecular formula is C34H45Cl2N3V. The number of hydrogen-bond donors (Lipinski definition) is 0. The predicted octanol–water partition coefficient (Wildman–Crippen LogP) is 4.01. The Morgan fingerprint density at radius 3 is 1.00 bits per heavy atom. The van der Waals surface area contributed by atoms with Crippen molar-refractivity contribution in [3.05, 3.63) is 86.7 Å². The van der Waals surface area contributed by atoms with Crippen LogP contribution in [0.3, 0.4) is 0 Å². The van der Waals surface area contributed by atoms with Crippen LogP contribution >= 0.6 is 0 Å². The minimum Gasteiger partial charge on any atom is -1.00 e. The molecule has 0 amide bonds. The van der Waals surface area contributed by atoms with Crippen molar-refractivity contribution >= 4 is 23.8 Å². The van der Waals surface area contributed by atoms with Crippen LogP contribution in [0.25, 0.3) is 0 Å². The minimum absolute atomic E-state index is 0. The standard InChI is InChI=1S/C34H45N3.2ClH.V/c1-20(2)29-14-25(10)15-30(21(3)4)33(29)35-18-27-12-24(9)13-28(37-27)19-36-34-31(22(5)6)16-26(11)17-32(34)23(7)8;;;/h12-23H,1-11H3;2*1H;/q;;;+2/p-2. The number of rotatable bonds is 8. The second kappa shape index (κ2) is 16.5. The molecule has 0 aliphatic heterocycles. The van der Waals surface area contributed by atoms with Gasteiger partial charge in [-0.15, -0.1) is 0 Å². The van der Waals surface area contributed by atoms with Gasteiger partial charge in [0.2, 0.25) is 0 Å². The summed E-state index contributed by atoms with van der Waals surface area (Å²) >= 11 is 0. The zero-order valence-electron chi connectivity index (χ0n) is 26.0. The number of halogens is 2. The minimum atomic E-state index is 0. The summed E-state index contributed by atoms with van der Waals surface area (Å²) in [5.41, 5.74) is 12.7. The SMILES string of the molecule is Cc1cc(C=Nc2c(C(C)C)cc(C)cc2C(C)C)nc(C=Nc2c(C(C)C)cc(C)cc2C(C)C)c1.[Cl-].[Cl-].[V+2]. The summed E-state index contributed by atoms with van der Waals surface area (Å²) in [5, 5.41) is 0. The molecule has 0 unspecified atom stereocenters. The van der Waals surface area contributed by atoms with E-state index in [2.05, 4.69) is 113 Å². The fourth-order valence-electron chi connectivity index (χ4n) is 4.85. The van der Waals surface area contributed by atoms with Gasteiger partial charge in [0.05, 0.1) is 35.2 Å². The van der Waals surface area contributed by atoms with Gasteiger partial charge in [-0.05, 0) is 84.4 Å². The van der Waals surface area contributed by atoms with E-state index < -0.39 is 0 Å². The molecule has 3 rings (SSSR count). The van der Waals surface area contributed by atoms with E-state index in [9.17, 15) is 0 Å². The summed E-state index contributed by atoms with van der Waals surface area (Å²) in [6, 6.07) is 13.3. The van der Waals surface area contributed by atoms with Crippen molar-refractivity contribution in [2.45, 2.75) is 99.8 Å². The third-order valence-electron chi connectivity index (χ3n) is 6.78. The van der Waals surface area contributed by atoms with E-state index in [0.717, 1.165) is 28.3 Å². The third-order valence-corrected chi connectivity index (χ3v) is 6.78. The molecule has 0 bridgehead atoms. The molecule has 1 radical (unpaired) electrons. The molecule has 0 fully saturated rings. The van der Waals surface area contributed by atoms with Crippen molar-refractivity contribution in [1.29, 1.82) is 0 Å². The summed E-state index contributed by atoms with van der Waals surface area (Å²) < 4.78 is 0. The molecule has 2 aromatic carbocycles. The van der Waals surface area contributed by atoms with Gasteiger partial charge in [0.15, 0.2) is 0 Å². The molecule has 6 heteroatoms. The zero-order valence-corrected chi connectivity index (χ0v) is 28.9. The Labute approximate surface area is 267 Å². The third kappa shape index (κ3) is 9.59. The summed E-state index contributed by atoms with van der Waals surface area (Å²) in [7, 11) is 0. The first-order valence-electron chi connectivity index (χ1n) is 13.7. The number of aromatic nitrogens is 1. The largest absolute Gasteiger partial charge is 2.00 e. The quantitative estimate of drug-likeness (QED) is 0.353. The van der Waals surface area contributed by atoms with E-state index in [4.69, 9.17) is 15.0 Å². The van der Waals surface area contributed by atoms with Gasteiger partial charge in [0.1, 0.15) is 0 Å². The molecule has 0 N–H and O–H groups in total. The van der Waals surface area contributed by atoms with E-state index in [1.807, 2.05) is 12.4 Å². The molecule has 1 aromatic heterocycles. The van der Waals surface area contributed by atoms with Gasteiger partial charge >= 0.3 is 18.6 Å². The predicted molar refractivity (Wildman–Crippen MR) is 162 cm³/mol.